The molecule has 3 rings (SSSR count). The summed E-state index contributed by atoms with van der Waals surface area (Å²) >= 11 is 0. The second-order valence-electron chi connectivity index (χ2n) is 10.2. The summed E-state index contributed by atoms with van der Waals surface area (Å²) in [5.74, 6) is 0.491. The van der Waals surface area contributed by atoms with Gasteiger partial charge in [0.25, 0.3) is 0 Å². The van der Waals surface area contributed by atoms with Crippen LogP contribution >= 0.6 is 0 Å². The topological polar surface area (TPSA) is 71.1 Å². The molecule has 0 amide bonds. The molecule has 0 aliphatic heterocycles. The van der Waals surface area contributed by atoms with Gasteiger partial charge in [-0.1, -0.05) is 70.0 Å². The number of hydrogen-bond acceptors (Lipinski definition) is 6. The highest BCUT2D eigenvalue weighted by Gasteiger charge is 2.28. The Kier molecular flexibility index (Phi) is 10.4. The molecule has 0 N–H and O–H groups in total. The second kappa shape index (κ2) is 13.5. The number of benzene rings is 3. The zero-order chi connectivity index (χ0) is 27.8. The van der Waals surface area contributed by atoms with E-state index in [-0.39, 0.29) is 24.1 Å². The Balaban J connectivity index is 2.23. The minimum Gasteiger partial charge on any atom is -0.477 e. The van der Waals surface area contributed by atoms with Crippen LogP contribution < -0.4 is 9.47 Å². The largest absolute Gasteiger partial charge is 0.477 e. The smallest absolute Gasteiger partial charge is 0.347 e. The van der Waals surface area contributed by atoms with Crippen LogP contribution in [0.15, 0.2) is 42.5 Å². The van der Waals surface area contributed by atoms with Crippen molar-refractivity contribution in [3.63, 3.8) is 0 Å². The van der Waals surface area contributed by atoms with E-state index in [1.165, 1.54) is 0 Å². The van der Waals surface area contributed by atoms with E-state index in [1.54, 1.807) is 0 Å². The number of hydrogen-bond donors (Lipinski definition) is 0. The molecule has 0 aliphatic rings. The average Bonchev–Trinajstić information content (AvgIpc) is 2.88. The van der Waals surface area contributed by atoms with Crippen LogP contribution in [0, 0.1) is 0 Å². The normalized spacial score (nSPS) is 13.1. The van der Waals surface area contributed by atoms with Gasteiger partial charge in [-0.2, -0.15) is 0 Å². The van der Waals surface area contributed by atoms with Crippen molar-refractivity contribution in [2.24, 2.45) is 0 Å². The number of fused-ring (bicyclic) bond motifs is 2. The number of rotatable bonds is 13. The first-order chi connectivity index (χ1) is 18.2. The fraction of sp³-hybridized carbons (Fsp3) is 0.500. The summed E-state index contributed by atoms with van der Waals surface area (Å²) < 4.78 is 24.1. The summed E-state index contributed by atoms with van der Waals surface area (Å²) in [7, 11) is 0. The van der Waals surface area contributed by atoms with Crippen LogP contribution in [0.5, 0.6) is 11.5 Å². The maximum absolute atomic E-state index is 13.0. The fourth-order valence-electron chi connectivity index (χ4n) is 4.50. The molecule has 0 saturated carbocycles. The molecule has 0 aliphatic carbocycles. The van der Waals surface area contributed by atoms with Gasteiger partial charge in [-0.3, -0.25) is 0 Å². The molecule has 38 heavy (non-hydrogen) atoms. The van der Waals surface area contributed by atoms with E-state index in [0.29, 0.717) is 24.3 Å². The predicted octanol–water partition coefficient (Wildman–Crippen LogP) is 7.55. The zero-order valence-electron chi connectivity index (χ0n) is 23.8. The third-order valence-electron chi connectivity index (χ3n) is 6.25. The first-order valence-corrected chi connectivity index (χ1v) is 13.9. The lowest BCUT2D eigenvalue weighted by molar-refractivity contribution is -0.157. The van der Waals surface area contributed by atoms with Gasteiger partial charge < -0.3 is 18.9 Å². The third-order valence-corrected chi connectivity index (χ3v) is 6.25. The fourth-order valence-corrected chi connectivity index (χ4v) is 4.50. The number of carbonyl (C=O) groups excluding carboxylic acids is 2. The number of aryl methyl sites for hydroxylation is 1. The predicted molar refractivity (Wildman–Crippen MR) is 152 cm³/mol. The first kappa shape index (κ1) is 29.3. The van der Waals surface area contributed by atoms with Crippen molar-refractivity contribution in [2.75, 3.05) is 0 Å². The van der Waals surface area contributed by atoms with E-state index in [9.17, 15) is 9.59 Å². The molecule has 2 unspecified atom stereocenters. The lowest BCUT2D eigenvalue weighted by Gasteiger charge is -2.25. The van der Waals surface area contributed by atoms with Crippen molar-refractivity contribution in [2.45, 2.75) is 105 Å². The average molecular weight is 523 g/mol. The van der Waals surface area contributed by atoms with Gasteiger partial charge in [-0.25, -0.2) is 9.59 Å². The van der Waals surface area contributed by atoms with E-state index in [2.05, 4.69) is 19.1 Å². The zero-order valence-corrected chi connectivity index (χ0v) is 23.8. The van der Waals surface area contributed by atoms with E-state index >= 15 is 0 Å². The van der Waals surface area contributed by atoms with E-state index in [1.807, 2.05) is 71.9 Å². The summed E-state index contributed by atoms with van der Waals surface area (Å²) in [5.41, 5.74) is 1.13. The van der Waals surface area contributed by atoms with Crippen molar-refractivity contribution >= 4 is 33.5 Å². The number of esters is 2. The molecule has 0 aromatic heterocycles. The molecule has 0 bridgehead atoms. The highest BCUT2D eigenvalue weighted by Crippen LogP contribution is 2.44. The Bertz CT molecular complexity index is 1250. The molecule has 0 heterocycles. The maximum atomic E-state index is 13.0. The summed E-state index contributed by atoms with van der Waals surface area (Å²) in [6.07, 6.45) is 1.51. The molecule has 2 atom stereocenters. The molecule has 0 radical (unpaired) electrons. The Hall–Kier alpha value is -3.28. The maximum Gasteiger partial charge on any atom is 0.347 e. The third kappa shape index (κ3) is 6.97. The molecule has 6 nitrogen and oxygen atoms in total. The summed E-state index contributed by atoms with van der Waals surface area (Å²) in [4.78, 5) is 25.9. The van der Waals surface area contributed by atoms with Crippen LogP contribution in [-0.4, -0.2) is 36.4 Å². The molecule has 0 spiro atoms. The Morgan fingerprint density at radius 3 is 1.53 bits per heavy atom. The number of carbonyl (C=O) groups is 2. The van der Waals surface area contributed by atoms with E-state index in [4.69, 9.17) is 18.9 Å². The van der Waals surface area contributed by atoms with Crippen molar-refractivity contribution in [1.82, 2.24) is 0 Å². The summed E-state index contributed by atoms with van der Waals surface area (Å²) in [6, 6.07) is 14.0. The summed E-state index contributed by atoms with van der Waals surface area (Å²) in [6.45, 7) is 13.5. The van der Waals surface area contributed by atoms with Crippen LogP contribution in [0.4, 0.5) is 0 Å². The van der Waals surface area contributed by atoms with Gasteiger partial charge in [-0.15, -0.1) is 0 Å². The number of ether oxygens (including phenoxy) is 4. The van der Waals surface area contributed by atoms with Gasteiger partial charge >= 0.3 is 11.9 Å². The monoisotopic (exact) mass is 522 g/mol. The van der Waals surface area contributed by atoms with E-state index < -0.39 is 12.2 Å². The van der Waals surface area contributed by atoms with Crippen LogP contribution in [0.25, 0.3) is 21.5 Å². The quantitative estimate of drug-likeness (QED) is 0.170. The lowest BCUT2D eigenvalue weighted by Crippen LogP contribution is -2.32. The Labute approximate surface area is 226 Å². The van der Waals surface area contributed by atoms with Gasteiger partial charge in [-0.05, 0) is 58.6 Å². The van der Waals surface area contributed by atoms with Crippen LogP contribution in [0.2, 0.25) is 0 Å². The minimum absolute atomic E-state index is 0.233. The van der Waals surface area contributed by atoms with Crippen molar-refractivity contribution in [1.29, 1.82) is 0 Å². The molecule has 0 saturated heterocycles. The molecule has 0 fully saturated rings. The minimum atomic E-state index is -0.736. The first-order valence-electron chi connectivity index (χ1n) is 13.9. The highest BCUT2D eigenvalue weighted by molar-refractivity contribution is 6.11. The van der Waals surface area contributed by atoms with Crippen LogP contribution in [0.1, 0.15) is 79.7 Å². The summed E-state index contributed by atoms with van der Waals surface area (Å²) in [5, 5.41) is 3.28. The van der Waals surface area contributed by atoms with Gasteiger partial charge in [0.15, 0.2) is 12.2 Å². The van der Waals surface area contributed by atoms with Crippen LogP contribution in [0.3, 0.4) is 0 Å². The standard InChI is InChI=1S/C32H42O6/c1-8-13-27(31(33)35-20(4)5)37-29-23-15-11-12-16-24(23)30(26-19-22(10-3)17-18-25(26)29)38-28(14-9-2)32(34)36-21(6)7/h11-12,15-21,27-28H,8-10,13-14H2,1-7H3. The van der Waals surface area contributed by atoms with Gasteiger partial charge in [0, 0.05) is 21.5 Å². The van der Waals surface area contributed by atoms with Crippen molar-refractivity contribution < 1.29 is 28.5 Å². The molecular formula is C32H42O6. The molecule has 206 valence electrons. The van der Waals surface area contributed by atoms with E-state index in [0.717, 1.165) is 46.4 Å². The molecular weight excluding hydrogens is 480 g/mol. The Morgan fingerprint density at radius 1 is 0.658 bits per heavy atom. The molecule has 3 aromatic rings. The SMILES string of the molecule is CCCC(Oc1c2ccccc2c(OC(CCC)C(=O)OC(C)C)c2cc(CC)ccc12)C(=O)OC(C)C. The molecule has 6 heteroatoms. The molecule has 3 aromatic carbocycles. The lowest BCUT2D eigenvalue weighted by atomic mass is 9.97. The van der Waals surface area contributed by atoms with Crippen molar-refractivity contribution in [3.05, 3.63) is 48.0 Å². The van der Waals surface area contributed by atoms with Gasteiger partial charge in [0.2, 0.25) is 0 Å². The highest BCUT2D eigenvalue weighted by atomic mass is 16.6. The van der Waals surface area contributed by atoms with Gasteiger partial charge in [0.05, 0.1) is 12.2 Å². The Morgan fingerprint density at radius 2 is 1.11 bits per heavy atom. The second-order valence-corrected chi connectivity index (χ2v) is 10.2. The van der Waals surface area contributed by atoms with Gasteiger partial charge in [0.1, 0.15) is 11.5 Å². The van der Waals surface area contributed by atoms with Crippen LogP contribution in [-0.2, 0) is 25.5 Å². The van der Waals surface area contributed by atoms with Crippen molar-refractivity contribution in [3.8, 4) is 11.5 Å².